The van der Waals surface area contributed by atoms with E-state index in [1.165, 1.54) is 23.5 Å². The molecule has 132 valence electrons. The quantitative estimate of drug-likeness (QED) is 0.546. The molecule has 0 fully saturated rings. The van der Waals surface area contributed by atoms with Crippen LogP contribution in [-0.2, 0) is 6.42 Å². The molecular weight excluding hydrogens is 351 g/mol. The summed E-state index contributed by atoms with van der Waals surface area (Å²) >= 11 is 1.37. The molecule has 0 radical (unpaired) electrons. The normalized spacial score (nSPS) is 11.3. The lowest BCUT2D eigenvalue weighted by Gasteiger charge is -2.04. The van der Waals surface area contributed by atoms with Gasteiger partial charge in [0, 0.05) is 29.7 Å². The molecule has 1 aromatic carbocycles. The Bertz CT molecular complexity index is 1100. The summed E-state index contributed by atoms with van der Waals surface area (Å²) in [5, 5.41) is 8.04. The van der Waals surface area contributed by atoms with Crippen molar-refractivity contribution in [3.8, 4) is 0 Å². The molecule has 0 aliphatic carbocycles. The highest BCUT2D eigenvalue weighted by molar-refractivity contribution is 7.20. The molecule has 0 aliphatic heterocycles. The average Bonchev–Trinajstić information content (AvgIpc) is 3.19. The topological polar surface area (TPSA) is 59.3 Å². The Balaban J connectivity index is 1.33. The Morgan fingerprint density at radius 2 is 2.19 bits per heavy atom. The van der Waals surface area contributed by atoms with Crippen LogP contribution < -0.4 is 5.32 Å². The number of aromatic nitrogens is 3. The molecule has 7 heteroatoms. The standard InChI is InChI=1S/C19H17FN4OS/c1-12-7-18-22-10-13(11-24(18)23-12)3-2-6-21-19(25)17-9-14-8-15(20)4-5-16(14)26-17/h4-5,7-11H,2-3,6H2,1H3,(H,21,25). The molecule has 1 amide bonds. The predicted octanol–water partition coefficient (Wildman–Crippen LogP) is 3.75. The number of thiophene rings is 1. The number of carbonyl (C=O) groups is 1. The second-order valence-corrected chi connectivity index (χ2v) is 7.29. The number of nitrogens with one attached hydrogen (secondary N) is 1. The summed E-state index contributed by atoms with van der Waals surface area (Å²) in [5.74, 6) is -0.414. The minimum atomic E-state index is -0.291. The number of rotatable bonds is 5. The van der Waals surface area contributed by atoms with Gasteiger partial charge in [-0.2, -0.15) is 5.10 Å². The molecule has 0 unspecified atom stereocenters. The lowest BCUT2D eigenvalue weighted by molar-refractivity contribution is 0.0957. The first-order valence-corrected chi connectivity index (χ1v) is 9.18. The Kier molecular flexibility index (Phi) is 4.38. The van der Waals surface area contributed by atoms with Crippen LogP contribution in [0.4, 0.5) is 4.39 Å². The molecule has 0 spiro atoms. The van der Waals surface area contributed by atoms with Crippen LogP contribution in [0.3, 0.4) is 0 Å². The molecular formula is C19H17FN4OS. The van der Waals surface area contributed by atoms with E-state index in [0.29, 0.717) is 11.4 Å². The van der Waals surface area contributed by atoms with Crippen LogP contribution in [0.2, 0.25) is 0 Å². The third-order valence-electron chi connectivity index (χ3n) is 4.12. The van der Waals surface area contributed by atoms with E-state index in [2.05, 4.69) is 15.4 Å². The van der Waals surface area contributed by atoms with Crippen LogP contribution in [0, 0.1) is 12.7 Å². The smallest absolute Gasteiger partial charge is 0.261 e. The second-order valence-electron chi connectivity index (χ2n) is 6.20. The first kappa shape index (κ1) is 16.7. The van der Waals surface area contributed by atoms with E-state index in [-0.39, 0.29) is 11.7 Å². The van der Waals surface area contributed by atoms with E-state index < -0.39 is 0 Å². The van der Waals surface area contributed by atoms with Crippen molar-refractivity contribution in [3.63, 3.8) is 0 Å². The Hall–Kier alpha value is -2.80. The van der Waals surface area contributed by atoms with Crippen LogP contribution in [0.1, 0.15) is 27.3 Å². The molecule has 1 N–H and O–H groups in total. The van der Waals surface area contributed by atoms with E-state index in [1.807, 2.05) is 25.4 Å². The molecule has 3 aromatic heterocycles. The Morgan fingerprint density at radius 3 is 3.08 bits per heavy atom. The number of nitrogens with zero attached hydrogens (tertiary/aromatic N) is 3. The maximum Gasteiger partial charge on any atom is 0.261 e. The third-order valence-corrected chi connectivity index (χ3v) is 5.23. The SMILES string of the molecule is Cc1cc2ncc(CCCNC(=O)c3cc4cc(F)ccc4s3)cn2n1. The fraction of sp³-hybridized carbons (Fsp3) is 0.211. The Labute approximate surface area is 153 Å². The largest absolute Gasteiger partial charge is 0.351 e. The van der Waals surface area contributed by atoms with Crippen molar-refractivity contribution in [1.82, 2.24) is 19.9 Å². The van der Waals surface area contributed by atoms with Crippen LogP contribution in [0.25, 0.3) is 15.7 Å². The maximum absolute atomic E-state index is 13.2. The number of benzene rings is 1. The van der Waals surface area contributed by atoms with Crippen LogP contribution in [0.5, 0.6) is 0 Å². The first-order valence-electron chi connectivity index (χ1n) is 8.37. The number of fused-ring (bicyclic) bond motifs is 2. The molecule has 0 bridgehead atoms. The van der Waals surface area contributed by atoms with Gasteiger partial charge in [-0.15, -0.1) is 11.3 Å². The third kappa shape index (κ3) is 3.43. The lowest BCUT2D eigenvalue weighted by Crippen LogP contribution is -2.23. The molecule has 4 rings (SSSR count). The molecule has 0 saturated carbocycles. The summed E-state index contributed by atoms with van der Waals surface area (Å²) in [5.41, 5.74) is 2.85. The highest BCUT2D eigenvalue weighted by atomic mass is 32.1. The second kappa shape index (κ2) is 6.84. The zero-order chi connectivity index (χ0) is 18.1. The number of hydrogen-bond donors (Lipinski definition) is 1. The van der Waals surface area contributed by atoms with Crippen molar-refractivity contribution < 1.29 is 9.18 Å². The highest BCUT2D eigenvalue weighted by Gasteiger charge is 2.10. The van der Waals surface area contributed by atoms with Gasteiger partial charge < -0.3 is 5.32 Å². The fourth-order valence-corrected chi connectivity index (χ4v) is 3.83. The molecule has 4 aromatic rings. The summed E-state index contributed by atoms with van der Waals surface area (Å²) in [4.78, 5) is 17.2. The van der Waals surface area contributed by atoms with Gasteiger partial charge in [-0.1, -0.05) is 0 Å². The zero-order valence-electron chi connectivity index (χ0n) is 14.2. The summed E-state index contributed by atoms with van der Waals surface area (Å²) < 4.78 is 15.9. The van der Waals surface area contributed by atoms with E-state index in [0.717, 1.165) is 39.8 Å². The van der Waals surface area contributed by atoms with Gasteiger partial charge in [0.05, 0.1) is 10.6 Å². The van der Waals surface area contributed by atoms with Crippen LogP contribution in [0.15, 0.2) is 42.7 Å². The maximum atomic E-state index is 13.2. The number of carbonyl (C=O) groups excluding carboxylic acids is 1. The van der Waals surface area contributed by atoms with Crippen LogP contribution in [-0.4, -0.2) is 27.0 Å². The zero-order valence-corrected chi connectivity index (χ0v) is 15.0. The van der Waals surface area contributed by atoms with Gasteiger partial charge >= 0.3 is 0 Å². The van der Waals surface area contributed by atoms with Gasteiger partial charge in [-0.3, -0.25) is 4.79 Å². The molecule has 0 atom stereocenters. The van der Waals surface area contributed by atoms with Gasteiger partial charge in [0.1, 0.15) is 5.82 Å². The van der Waals surface area contributed by atoms with Crippen LogP contribution >= 0.6 is 11.3 Å². The van der Waals surface area contributed by atoms with Gasteiger partial charge in [0.2, 0.25) is 0 Å². The van der Waals surface area contributed by atoms with E-state index in [1.54, 1.807) is 16.6 Å². The lowest BCUT2D eigenvalue weighted by atomic mass is 10.2. The molecule has 0 aliphatic rings. The van der Waals surface area contributed by atoms with Crippen molar-refractivity contribution in [2.45, 2.75) is 19.8 Å². The van der Waals surface area contributed by atoms with Crippen molar-refractivity contribution in [1.29, 1.82) is 0 Å². The Morgan fingerprint density at radius 1 is 1.31 bits per heavy atom. The van der Waals surface area contributed by atoms with E-state index >= 15 is 0 Å². The number of halogens is 1. The fourth-order valence-electron chi connectivity index (χ4n) is 2.87. The summed E-state index contributed by atoms with van der Waals surface area (Å²) in [6, 6.07) is 8.22. The minimum absolute atomic E-state index is 0.122. The molecule has 3 heterocycles. The molecule has 26 heavy (non-hydrogen) atoms. The van der Waals surface area contributed by atoms with Gasteiger partial charge in [0.15, 0.2) is 5.65 Å². The van der Waals surface area contributed by atoms with Gasteiger partial charge in [-0.05, 0) is 55.0 Å². The van der Waals surface area contributed by atoms with Crippen molar-refractivity contribution in [2.24, 2.45) is 0 Å². The summed E-state index contributed by atoms with van der Waals surface area (Å²) in [6.07, 6.45) is 5.43. The minimum Gasteiger partial charge on any atom is -0.351 e. The van der Waals surface area contributed by atoms with E-state index in [4.69, 9.17) is 0 Å². The molecule has 5 nitrogen and oxygen atoms in total. The van der Waals surface area contributed by atoms with Crippen molar-refractivity contribution >= 4 is 33.0 Å². The van der Waals surface area contributed by atoms with Gasteiger partial charge in [0.25, 0.3) is 5.91 Å². The number of amides is 1. The summed E-state index contributed by atoms with van der Waals surface area (Å²) in [7, 11) is 0. The van der Waals surface area contributed by atoms with Crippen molar-refractivity contribution in [3.05, 3.63) is 64.7 Å². The average molecular weight is 368 g/mol. The summed E-state index contributed by atoms with van der Waals surface area (Å²) in [6.45, 7) is 2.50. The monoisotopic (exact) mass is 368 g/mol. The van der Waals surface area contributed by atoms with Gasteiger partial charge in [-0.25, -0.2) is 13.9 Å². The van der Waals surface area contributed by atoms with Crippen molar-refractivity contribution in [2.75, 3.05) is 6.54 Å². The first-order chi connectivity index (χ1) is 12.6. The van der Waals surface area contributed by atoms with E-state index in [9.17, 15) is 9.18 Å². The number of hydrogen-bond acceptors (Lipinski definition) is 4. The predicted molar refractivity (Wildman–Crippen MR) is 100 cm³/mol. The highest BCUT2D eigenvalue weighted by Crippen LogP contribution is 2.26. The molecule has 0 saturated heterocycles. The number of aryl methyl sites for hydroxylation is 2.